The molecule has 0 saturated carbocycles. The van der Waals surface area contributed by atoms with Crippen molar-refractivity contribution in [3.05, 3.63) is 29.8 Å². The Kier molecular flexibility index (Phi) is 11.2. The van der Waals surface area contributed by atoms with E-state index in [2.05, 4.69) is 31.2 Å². The van der Waals surface area contributed by atoms with Crippen LogP contribution in [-0.4, -0.2) is 21.1 Å². The first-order valence-corrected chi connectivity index (χ1v) is 7.35. The Morgan fingerprint density at radius 3 is 2.38 bits per heavy atom. The fourth-order valence-electron chi connectivity index (χ4n) is 1.06. The van der Waals surface area contributed by atoms with E-state index in [-0.39, 0.29) is 46.0 Å². The molecule has 2 N–H and O–H groups in total. The summed E-state index contributed by atoms with van der Waals surface area (Å²) < 4.78 is 2.93. The molecule has 1 rings (SSSR count). The minimum absolute atomic E-state index is 0. The van der Waals surface area contributed by atoms with Gasteiger partial charge in [-0.15, -0.1) is 0 Å². The van der Waals surface area contributed by atoms with Gasteiger partial charge < -0.3 is 24.8 Å². The summed E-state index contributed by atoms with van der Waals surface area (Å²) in [4.78, 5) is 0. The summed E-state index contributed by atoms with van der Waals surface area (Å²) in [6, 6.07) is 8.56. The summed E-state index contributed by atoms with van der Waals surface area (Å²) in [5, 5.41) is 0. The molecule has 13 heavy (non-hydrogen) atoms. The maximum Gasteiger partial charge on any atom is -1.00 e. The average molecular weight is 325 g/mol. The fourth-order valence-corrected chi connectivity index (χ4v) is 3.94. The molecule has 0 radical (unpaired) electrons. The van der Waals surface area contributed by atoms with Crippen LogP contribution < -0.4 is 34.1 Å². The van der Waals surface area contributed by atoms with Crippen LogP contribution in [0.2, 0.25) is 4.44 Å². The van der Waals surface area contributed by atoms with Gasteiger partial charge >= 0.3 is 78.2 Å². The second-order valence-electron chi connectivity index (χ2n) is 2.39. The molecule has 0 aliphatic carbocycles. The SMILES string of the molecule is C[CH2][Sn+2][c]1ccccc1CN.[Cl-].[Cl-]. The summed E-state index contributed by atoms with van der Waals surface area (Å²) in [5.41, 5.74) is 6.97. The van der Waals surface area contributed by atoms with E-state index in [0.29, 0.717) is 6.54 Å². The Labute approximate surface area is 103 Å². The number of rotatable bonds is 3. The first-order valence-electron chi connectivity index (χ1n) is 3.90. The molecular formula is C9H13Cl2NSn. The Balaban J connectivity index is 0. The zero-order valence-corrected chi connectivity index (χ0v) is 11.9. The van der Waals surface area contributed by atoms with Crippen molar-refractivity contribution in [1.29, 1.82) is 0 Å². The van der Waals surface area contributed by atoms with Crippen molar-refractivity contribution in [3.63, 3.8) is 0 Å². The van der Waals surface area contributed by atoms with Gasteiger partial charge in [0, 0.05) is 0 Å². The third-order valence-corrected chi connectivity index (χ3v) is 5.09. The third-order valence-electron chi connectivity index (χ3n) is 1.60. The number of halogens is 2. The summed E-state index contributed by atoms with van der Waals surface area (Å²) in [6.45, 7) is 2.97. The van der Waals surface area contributed by atoms with Gasteiger partial charge in [0.05, 0.1) is 0 Å². The van der Waals surface area contributed by atoms with E-state index in [9.17, 15) is 0 Å². The van der Waals surface area contributed by atoms with Gasteiger partial charge in [0.2, 0.25) is 0 Å². The van der Waals surface area contributed by atoms with Gasteiger partial charge in [-0.05, 0) is 0 Å². The van der Waals surface area contributed by atoms with Crippen molar-refractivity contribution >= 4 is 24.7 Å². The molecule has 1 nitrogen and oxygen atoms in total. The molecule has 4 heteroatoms. The van der Waals surface area contributed by atoms with Crippen LogP contribution in [0.1, 0.15) is 12.5 Å². The van der Waals surface area contributed by atoms with E-state index in [1.165, 1.54) is 10.0 Å². The minimum Gasteiger partial charge on any atom is -1.00 e. The van der Waals surface area contributed by atoms with Gasteiger partial charge in [-0.3, -0.25) is 0 Å². The third kappa shape index (κ3) is 5.11. The van der Waals surface area contributed by atoms with Gasteiger partial charge in [0.25, 0.3) is 0 Å². The van der Waals surface area contributed by atoms with E-state index < -0.39 is 0 Å². The van der Waals surface area contributed by atoms with Crippen LogP contribution in [0, 0.1) is 0 Å². The van der Waals surface area contributed by atoms with Gasteiger partial charge in [0.1, 0.15) is 0 Å². The molecule has 0 aliphatic heterocycles. The molecule has 0 saturated heterocycles. The largest absolute Gasteiger partial charge is 1.00 e. The second-order valence-corrected chi connectivity index (χ2v) is 6.96. The van der Waals surface area contributed by atoms with Crippen LogP contribution in [-0.2, 0) is 6.54 Å². The van der Waals surface area contributed by atoms with Crippen molar-refractivity contribution in [3.8, 4) is 0 Å². The zero-order chi connectivity index (χ0) is 8.10. The van der Waals surface area contributed by atoms with E-state index in [4.69, 9.17) is 5.73 Å². The van der Waals surface area contributed by atoms with Crippen molar-refractivity contribution in [2.45, 2.75) is 17.9 Å². The number of hydrogen-bond donors (Lipinski definition) is 1. The smallest absolute Gasteiger partial charge is 1.00 e. The molecule has 0 amide bonds. The predicted molar refractivity (Wildman–Crippen MR) is 50.2 cm³/mol. The topological polar surface area (TPSA) is 26.0 Å². The second kappa shape index (κ2) is 9.13. The molecule has 0 unspecified atom stereocenters. The Morgan fingerprint density at radius 1 is 1.23 bits per heavy atom. The van der Waals surface area contributed by atoms with E-state index in [1.807, 2.05) is 0 Å². The van der Waals surface area contributed by atoms with E-state index in [0.717, 1.165) is 0 Å². The quantitative estimate of drug-likeness (QED) is 0.553. The van der Waals surface area contributed by atoms with Crippen LogP contribution in [0.5, 0.6) is 0 Å². The average Bonchev–Trinajstić information content (AvgIpc) is 2.06. The van der Waals surface area contributed by atoms with Crippen molar-refractivity contribution in [1.82, 2.24) is 0 Å². The van der Waals surface area contributed by atoms with Gasteiger partial charge in [-0.25, -0.2) is 0 Å². The molecule has 0 fully saturated rings. The molecule has 1 aromatic carbocycles. The fraction of sp³-hybridized carbons (Fsp3) is 0.333. The Hall–Kier alpha value is 0.559. The van der Waals surface area contributed by atoms with E-state index >= 15 is 0 Å². The molecule has 1 aromatic rings. The van der Waals surface area contributed by atoms with Crippen LogP contribution in [0.25, 0.3) is 0 Å². The van der Waals surface area contributed by atoms with Gasteiger partial charge in [-0.1, -0.05) is 0 Å². The first-order chi connectivity index (χ1) is 5.38. The molecule has 72 valence electrons. The Morgan fingerprint density at radius 2 is 1.85 bits per heavy atom. The van der Waals surface area contributed by atoms with Gasteiger partial charge in [0.15, 0.2) is 0 Å². The zero-order valence-electron chi connectivity index (χ0n) is 7.56. The minimum atomic E-state index is -0.282. The van der Waals surface area contributed by atoms with Crippen LogP contribution >= 0.6 is 0 Å². The molecule has 0 atom stereocenters. The number of nitrogens with two attached hydrogens (primary N) is 1. The van der Waals surface area contributed by atoms with Crippen molar-refractivity contribution in [2.75, 3.05) is 0 Å². The number of hydrogen-bond acceptors (Lipinski definition) is 1. The van der Waals surface area contributed by atoms with Crippen LogP contribution in [0.15, 0.2) is 24.3 Å². The van der Waals surface area contributed by atoms with Crippen molar-refractivity contribution < 1.29 is 24.8 Å². The van der Waals surface area contributed by atoms with E-state index in [1.54, 1.807) is 3.58 Å². The summed E-state index contributed by atoms with van der Waals surface area (Å²) in [6.07, 6.45) is 0. The molecule has 0 spiro atoms. The molecule has 0 aliphatic rings. The molecule has 0 heterocycles. The monoisotopic (exact) mass is 325 g/mol. The maximum absolute atomic E-state index is 5.61. The molecule has 0 aromatic heterocycles. The van der Waals surface area contributed by atoms with Crippen molar-refractivity contribution in [2.24, 2.45) is 5.73 Å². The Bertz CT molecular complexity index is 231. The van der Waals surface area contributed by atoms with Crippen LogP contribution in [0.4, 0.5) is 0 Å². The number of benzene rings is 1. The standard InChI is InChI=1S/C7H8N.C2H5.2ClH.Sn/c8-6-7-4-2-1-3-5-7;1-2;;;/h1-4H,6,8H2;1H2,2H3;2*1H;/q;;;;+2/p-2. The summed E-state index contributed by atoms with van der Waals surface area (Å²) in [7, 11) is 0. The summed E-state index contributed by atoms with van der Waals surface area (Å²) >= 11 is -0.282. The maximum atomic E-state index is 5.61. The van der Waals surface area contributed by atoms with Crippen LogP contribution in [0.3, 0.4) is 0 Å². The predicted octanol–water partition coefficient (Wildman–Crippen LogP) is -5.08. The van der Waals surface area contributed by atoms with Gasteiger partial charge in [-0.2, -0.15) is 0 Å². The first kappa shape index (κ1) is 16.0. The molecular weight excluding hydrogens is 312 g/mol. The normalized spacial score (nSPS) is 7.85. The summed E-state index contributed by atoms with van der Waals surface area (Å²) in [5.74, 6) is 0. The molecule has 0 bridgehead atoms.